The first-order valence-corrected chi connectivity index (χ1v) is 10.2. The van der Waals surface area contributed by atoms with Gasteiger partial charge in [0.05, 0.1) is 20.3 Å². The molecular formula is C21H20N2O6S. The molecule has 30 heavy (non-hydrogen) atoms. The Hall–Kier alpha value is -3.04. The number of hydrogen-bond acceptors (Lipinski definition) is 7. The van der Waals surface area contributed by atoms with E-state index >= 15 is 0 Å². The molecule has 0 bridgehead atoms. The van der Waals surface area contributed by atoms with Crippen LogP contribution >= 0.6 is 11.8 Å². The minimum Gasteiger partial charge on any atom is -0.496 e. The summed E-state index contributed by atoms with van der Waals surface area (Å²) in [6, 6.07) is 14.5. The van der Waals surface area contributed by atoms with Crippen LogP contribution in [0.5, 0.6) is 11.5 Å². The first-order valence-electron chi connectivity index (χ1n) is 9.35. The first kappa shape index (κ1) is 20.2. The minimum atomic E-state index is -0.913. The molecule has 0 radical (unpaired) electrons. The molecule has 0 saturated carbocycles. The van der Waals surface area contributed by atoms with Gasteiger partial charge in [0, 0.05) is 6.54 Å². The van der Waals surface area contributed by atoms with Crippen LogP contribution in [0, 0.1) is 0 Å². The van der Waals surface area contributed by atoms with Crippen LogP contribution < -0.4 is 9.47 Å². The van der Waals surface area contributed by atoms with Crippen LogP contribution in [0.1, 0.15) is 15.9 Å². The third-order valence-corrected chi connectivity index (χ3v) is 5.77. The zero-order chi connectivity index (χ0) is 21.1. The lowest BCUT2D eigenvalue weighted by molar-refractivity contribution is -0.134. The maximum absolute atomic E-state index is 12.8. The summed E-state index contributed by atoms with van der Waals surface area (Å²) in [6.45, 7) is 0.594. The number of thioether (sulfide) groups is 1. The molecule has 1 unspecified atom stereocenters. The molecule has 2 aliphatic rings. The van der Waals surface area contributed by atoms with Crippen molar-refractivity contribution in [3.63, 3.8) is 0 Å². The number of ether oxygens (including phenoxy) is 3. The van der Waals surface area contributed by atoms with Crippen LogP contribution in [0.15, 0.2) is 48.5 Å². The van der Waals surface area contributed by atoms with E-state index in [0.717, 1.165) is 17.3 Å². The van der Waals surface area contributed by atoms with Crippen molar-refractivity contribution in [2.75, 3.05) is 27.0 Å². The molecule has 9 heteroatoms. The van der Waals surface area contributed by atoms with Crippen LogP contribution in [0.3, 0.4) is 0 Å². The predicted molar refractivity (Wildman–Crippen MR) is 109 cm³/mol. The van der Waals surface area contributed by atoms with Crippen molar-refractivity contribution in [2.24, 2.45) is 0 Å². The maximum atomic E-state index is 12.8. The molecule has 0 spiro atoms. The Kier molecular flexibility index (Phi) is 5.91. The van der Waals surface area contributed by atoms with Crippen molar-refractivity contribution in [1.82, 2.24) is 9.80 Å². The molecule has 0 N–H and O–H groups in total. The second-order valence-electron chi connectivity index (χ2n) is 6.67. The summed E-state index contributed by atoms with van der Waals surface area (Å²) in [4.78, 5) is 40.2. The fraction of sp³-hybridized carbons (Fsp3) is 0.286. The summed E-state index contributed by atoms with van der Waals surface area (Å²) in [5.41, 5.74) is 0.315. The number of fused-ring (bicyclic) bond motifs is 1. The van der Waals surface area contributed by atoms with Gasteiger partial charge in [-0.3, -0.25) is 19.3 Å². The number of nitrogens with zero attached hydrogens (tertiary/aromatic N) is 2. The van der Waals surface area contributed by atoms with Gasteiger partial charge in [0.2, 0.25) is 0 Å². The summed E-state index contributed by atoms with van der Waals surface area (Å²) >= 11 is 0.844. The Balaban J connectivity index is 1.33. The van der Waals surface area contributed by atoms with Gasteiger partial charge in [-0.25, -0.2) is 0 Å². The summed E-state index contributed by atoms with van der Waals surface area (Å²) in [6.07, 6.45) is 0. The van der Waals surface area contributed by atoms with Crippen LogP contribution in [0.2, 0.25) is 0 Å². The average molecular weight is 428 g/mol. The molecule has 2 aromatic carbocycles. The zero-order valence-electron chi connectivity index (χ0n) is 16.3. The van der Waals surface area contributed by atoms with Gasteiger partial charge in [-0.05, 0) is 29.5 Å². The van der Waals surface area contributed by atoms with Gasteiger partial charge in [-0.1, -0.05) is 36.4 Å². The highest BCUT2D eigenvalue weighted by Crippen LogP contribution is 2.33. The van der Waals surface area contributed by atoms with E-state index in [2.05, 4.69) is 0 Å². The molecule has 2 aromatic rings. The lowest BCUT2D eigenvalue weighted by Crippen LogP contribution is -2.41. The van der Waals surface area contributed by atoms with E-state index in [1.54, 1.807) is 18.2 Å². The fourth-order valence-corrected chi connectivity index (χ4v) is 4.11. The third kappa shape index (κ3) is 3.99. The van der Waals surface area contributed by atoms with E-state index in [1.807, 2.05) is 30.3 Å². The Morgan fingerprint density at radius 3 is 2.67 bits per heavy atom. The SMILES string of the molecule is COc1cccc2c1C(=O)N(CCOC1SC(=O)N(Cc3ccccc3)C1=O)CO2. The fourth-order valence-electron chi connectivity index (χ4n) is 3.25. The molecule has 8 nitrogen and oxygen atoms in total. The van der Waals surface area contributed by atoms with Crippen LogP contribution in [0.25, 0.3) is 0 Å². The molecule has 1 fully saturated rings. The van der Waals surface area contributed by atoms with Gasteiger partial charge in [0.25, 0.3) is 17.1 Å². The van der Waals surface area contributed by atoms with Gasteiger partial charge < -0.3 is 19.1 Å². The van der Waals surface area contributed by atoms with Crippen molar-refractivity contribution in [1.29, 1.82) is 0 Å². The summed E-state index contributed by atoms with van der Waals surface area (Å²) in [7, 11) is 1.49. The normalized spacial score (nSPS) is 18.4. The monoisotopic (exact) mass is 428 g/mol. The maximum Gasteiger partial charge on any atom is 0.291 e. The lowest BCUT2D eigenvalue weighted by Gasteiger charge is -2.29. The molecule has 3 amide bonds. The summed E-state index contributed by atoms with van der Waals surface area (Å²) < 4.78 is 16.5. The lowest BCUT2D eigenvalue weighted by atomic mass is 10.1. The van der Waals surface area contributed by atoms with E-state index in [9.17, 15) is 14.4 Å². The molecule has 1 saturated heterocycles. The topological polar surface area (TPSA) is 85.4 Å². The second-order valence-corrected chi connectivity index (χ2v) is 7.68. The van der Waals surface area contributed by atoms with E-state index in [0.29, 0.717) is 17.1 Å². The van der Waals surface area contributed by atoms with Gasteiger partial charge in [-0.15, -0.1) is 0 Å². The van der Waals surface area contributed by atoms with E-state index in [4.69, 9.17) is 14.2 Å². The highest BCUT2D eigenvalue weighted by Gasteiger charge is 2.40. The number of rotatable bonds is 7. The van der Waals surface area contributed by atoms with Gasteiger partial charge in [0.15, 0.2) is 12.2 Å². The number of hydrogen-bond donors (Lipinski definition) is 0. The quantitative estimate of drug-likeness (QED) is 0.670. The van der Waals surface area contributed by atoms with Crippen molar-refractivity contribution < 1.29 is 28.6 Å². The predicted octanol–water partition coefficient (Wildman–Crippen LogP) is 2.73. The molecule has 4 rings (SSSR count). The molecule has 0 aliphatic carbocycles. The van der Waals surface area contributed by atoms with E-state index in [-0.39, 0.29) is 43.5 Å². The Labute approximate surface area is 177 Å². The number of amides is 3. The van der Waals surface area contributed by atoms with Crippen molar-refractivity contribution in [2.45, 2.75) is 12.0 Å². The number of imide groups is 1. The summed E-state index contributed by atoms with van der Waals surface area (Å²) in [5, 5.41) is -0.343. The van der Waals surface area contributed by atoms with E-state index < -0.39 is 5.44 Å². The van der Waals surface area contributed by atoms with Gasteiger partial charge >= 0.3 is 0 Å². The first-order chi connectivity index (χ1) is 14.6. The van der Waals surface area contributed by atoms with Crippen LogP contribution in [-0.2, 0) is 16.1 Å². The average Bonchev–Trinajstić information content (AvgIpc) is 3.03. The zero-order valence-corrected chi connectivity index (χ0v) is 17.1. The van der Waals surface area contributed by atoms with Crippen molar-refractivity contribution >= 4 is 28.8 Å². The summed E-state index contributed by atoms with van der Waals surface area (Å²) in [5.74, 6) is 0.290. The highest BCUT2D eigenvalue weighted by atomic mass is 32.2. The second kappa shape index (κ2) is 8.76. The van der Waals surface area contributed by atoms with Crippen molar-refractivity contribution in [3.8, 4) is 11.5 Å². The van der Waals surface area contributed by atoms with Crippen LogP contribution in [0.4, 0.5) is 4.79 Å². The molecule has 2 aliphatic heterocycles. The Morgan fingerprint density at radius 2 is 1.90 bits per heavy atom. The number of carbonyl (C=O) groups is 3. The molecular weight excluding hydrogens is 408 g/mol. The Morgan fingerprint density at radius 1 is 1.10 bits per heavy atom. The van der Waals surface area contributed by atoms with Gasteiger partial charge in [-0.2, -0.15) is 0 Å². The minimum absolute atomic E-state index is 0.0766. The standard InChI is InChI=1S/C21H20N2O6S/c1-27-15-8-5-9-16-17(15)18(24)22(13-29-16)10-11-28-20-19(25)23(21(26)30-20)12-14-6-3-2-4-7-14/h2-9,20H,10-13H2,1H3. The molecule has 1 atom stereocenters. The molecule has 0 aromatic heterocycles. The highest BCUT2D eigenvalue weighted by molar-refractivity contribution is 8.15. The Bertz CT molecular complexity index is 953. The third-order valence-electron chi connectivity index (χ3n) is 4.79. The van der Waals surface area contributed by atoms with Gasteiger partial charge in [0.1, 0.15) is 17.1 Å². The molecule has 156 valence electrons. The van der Waals surface area contributed by atoms with E-state index in [1.165, 1.54) is 16.9 Å². The largest absolute Gasteiger partial charge is 0.496 e. The number of benzene rings is 2. The number of carbonyl (C=O) groups excluding carboxylic acids is 3. The number of methoxy groups -OCH3 is 1. The van der Waals surface area contributed by atoms with Crippen LogP contribution in [-0.4, -0.2) is 59.3 Å². The van der Waals surface area contributed by atoms with Crippen molar-refractivity contribution in [3.05, 3.63) is 59.7 Å². The molecule has 2 heterocycles. The smallest absolute Gasteiger partial charge is 0.291 e.